The maximum absolute atomic E-state index is 9.85. The Balaban J connectivity index is -0.000000418. The molecule has 0 fully saturated rings. The Bertz CT molecular complexity index is 1180. The van der Waals surface area contributed by atoms with Gasteiger partial charge in [-0.05, 0) is 33.6 Å². The number of carbonyl (C=O) groups excluding carboxylic acids is 1. The van der Waals surface area contributed by atoms with Crippen LogP contribution in [0.5, 0.6) is 0 Å². The lowest BCUT2D eigenvalue weighted by Crippen LogP contribution is -2.08. The van der Waals surface area contributed by atoms with Crippen molar-refractivity contribution in [2.45, 2.75) is 83.7 Å². The zero-order valence-corrected chi connectivity index (χ0v) is 23.3. The number of aryl methyl sites for hydroxylation is 5. The Kier molecular flexibility index (Phi) is 23.7. The first-order valence-corrected chi connectivity index (χ1v) is 14.0. The third-order valence-corrected chi connectivity index (χ3v) is 7.83. The molecule has 0 atom stereocenters. The first-order valence-electron chi connectivity index (χ1n) is 10.7. The number of carbonyl (C=O) groups is 1. The number of nitrogens with zero attached hydrogens (tertiary/aromatic N) is 5. The molecule has 0 spiro atoms. The molecule has 5 heterocycles. The van der Waals surface area contributed by atoms with Crippen molar-refractivity contribution in [1.82, 2.24) is 29.7 Å². The van der Waals surface area contributed by atoms with Gasteiger partial charge in [0.25, 0.3) is 0 Å². The van der Waals surface area contributed by atoms with Crippen LogP contribution in [0.4, 0.5) is 0 Å². The maximum Gasteiger partial charge on any atom is 0.207 e. The number of hydrogen-bond acceptors (Lipinski definition) is 9. The van der Waals surface area contributed by atoms with Crippen molar-refractivity contribution in [2.75, 3.05) is 0 Å². The van der Waals surface area contributed by atoms with Gasteiger partial charge in [-0.3, -0.25) is 9.20 Å². The smallest absolute Gasteiger partial charge is 0.207 e. The highest BCUT2D eigenvalue weighted by molar-refractivity contribution is 7.17. The number of amides is 1. The van der Waals surface area contributed by atoms with E-state index in [1.54, 1.807) is 51.5 Å². The highest BCUT2D eigenvalue weighted by atomic mass is 32.1. The van der Waals surface area contributed by atoms with Gasteiger partial charge in [0, 0.05) is 44.8 Å². The summed E-state index contributed by atoms with van der Waals surface area (Å²) in [6.07, 6.45) is 14.1. The molecule has 0 aromatic carbocycles. The molecule has 1 N–H and O–H groups in total. The quantitative estimate of drug-likeness (QED) is 0.205. The number of nitrogens with one attached hydrogen (secondary N) is 1. The van der Waals surface area contributed by atoms with Crippen LogP contribution in [-0.2, 0) is 24.2 Å². The standard InChI is InChI=1S/C6H8N2OS.C6H6N2S.C6H9NS.C5H7NS.4CH4/c1-5-2-8-6(10-5)3-7-4-9;1-5-3-8-4-7-2-6(8)9-5;1-3-6-7-4-5(2)8-6;1-2-5-6-3-4-7-5;;;;/h2,4H,3H2,1H3,(H,7,9);2-4H,1H3;4H,3H2,1-2H3;3-4H,2H2,1H3;4*1H4. The second kappa shape index (κ2) is 22.5. The monoisotopic (exact) mass is 598 g/mol. The van der Waals surface area contributed by atoms with Crippen molar-refractivity contribution in [3.8, 4) is 0 Å². The average Bonchev–Trinajstić information content (AvgIpc) is 3.64. The minimum Gasteiger partial charge on any atom is -0.352 e. The lowest BCUT2D eigenvalue weighted by atomic mass is 10.5. The fourth-order valence-corrected chi connectivity index (χ4v) is 5.31. The average molecular weight is 599 g/mol. The predicted octanol–water partition coefficient (Wildman–Crippen LogP) is 8.67. The normalized spacial score (nSPS) is 8.76. The molecule has 5 rings (SSSR count). The van der Waals surface area contributed by atoms with E-state index < -0.39 is 0 Å². The Morgan fingerprint density at radius 1 is 0.816 bits per heavy atom. The molecule has 38 heavy (non-hydrogen) atoms. The second-order valence-corrected chi connectivity index (χ2v) is 11.7. The van der Waals surface area contributed by atoms with Crippen LogP contribution in [0.1, 0.15) is 73.2 Å². The molecule has 0 radical (unpaired) electrons. The van der Waals surface area contributed by atoms with Gasteiger partial charge in [0.15, 0.2) is 0 Å². The summed E-state index contributed by atoms with van der Waals surface area (Å²) in [6.45, 7) is 10.9. The molecule has 0 saturated heterocycles. The number of rotatable bonds is 5. The molecule has 0 saturated carbocycles. The van der Waals surface area contributed by atoms with E-state index in [0.717, 1.165) is 17.8 Å². The van der Waals surface area contributed by atoms with Crippen LogP contribution in [-0.4, -0.2) is 30.7 Å². The Hall–Kier alpha value is -2.47. The van der Waals surface area contributed by atoms with Gasteiger partial charge in [-0.1, -0.05) is 43.6 Å². The van der Waals surface area contributed by atoms with Crippen LogP contribution >= 0.6 is 45.3 Å². The van der Waals surface area contributed by atoms with Crippen molar-refractivity contribution >= 4 is 56.6 Å². The summed E-state index contributed by atoms with van der Waals surface area (Å²) in [4.78, 5) is 31.1. The van der Waals surface area contributed by atoms with Crippen LogP contribution < -0.4 is 5.32 Å². The molecule has 7 nitrogen and oxygen atoms in total. The number of fused-ring (bicyclic) bond motifs is 1. The largest absolute Gasteiger partial charge is 0.352 e. The van der Waals surface area contributed by atoms with Crippen molar-refractivity contribution in [1.29, 1.82) is 0 Å². The zero-order valence-electron chi connectivity index (χ0n) is 20.0. The van der Waals surface area contributed by atoms with E-state index in [-0.39, 0.29) is 29.7 Å². The van der Waals surface area contributed by atoms with E-state index in [9.17, 15) is 4.79 Å². The van der Waals surface area contributed by atoms with Crippen LogP contribution in [0.3, 0.4) is 0 Å². The zero-order chi connectivity index (χ0) is 24.8. The lowest BCUT2D eigenvalue weighted by molar-refractivity contribution is -0.109. The molecule has 214 valence electrons. The van der Waals surface area contributed by atoms with E-state index in [4.69, 9.17) is 0 Å². The van der Waals surface area contributed by atoms with Gasteiger partial charge >= 0.3 is 0 Å². The van der Waals surface area contributed by atoms with Crippen LogP contribution in [0.15, 0.2) is 42.7 Å². The third-order valence-electron chi connectivity index (χ3n) is 3.98. The van der Waals surface area contributed by atoms with Gasteiger partial charge in [0.05, 0.1) is 29.1 Å². The summed E-state index contributed by atoms with van der Waals surface area (Å²) in [5, 5.41) is 7.95. The van der Waals surface area contributed by atoms with E-state index in [1.807, 2.05) is 41.6 Å². The number of aromatic nitrogens is 5. The fraction of sp³-hybridized carbons (Fsp3) is 0.444. The molecule has 5 aromatic heterocycles. The molecule has 0 aliphatic carbocycles. The van der Waals surface area contributed by atoms with Gasteiger partial charge in [0.2, 0.25) is 6.41 Å². The predicted molar refractivity (Wildman–Crippen MR) is 172 cm³/mol. The number of hydrogen-bond donors (Lipinski definition) is 1. The second-order valence-electron chi connectivity index (χ2n) is 6.84. The summed E-state index contributed by atoms with van der Waals surface area (Å²) in [5.74, 6) is 0. The third kappa shape index (κ3) is 15.1. The molecule has 0 unspecified atom stereocenters. The Morgan fingerprint density at radius 2 is 1.42 bits per heavy atom. The molecule has 0 bridgehead atoms. The summed E-state index contributed by atoms with van der Waals surface area (Å²) >= 11 is 6.84. The summed E-state index contributed by atoms with van der Waals surface area (Å²) in [7, 11) is 0. The van der Waals surface area contributed by atoms with E-state index in [1.165, 1.54) is 29.5 Å². The number of thiazole rings is 4. The molecule has 0 aliphatic rings. The van der Waals surface area contributed by atoms with Crippen LogP contribution in [0.2, 0.25) is 0 Å². The van der Waals surface area contributed by atoms with Crippen molar-refractivity contribution in [3.63, 3.8) is 0 Å². The Morgan fingerprint density at radius 3 is 1.82 bits per heavy atom. The Labute approximate surface area is 246 Å². The van der Waals surface area contributed by atoms with E-state index >= 15 is 0 Å². The van der Waals surface area contributed by atoms with Crippen molar-refractivity contribution in [2.24, 2.45) is 0 Å². The van der Waals surface area contributed by atoms with E-state index in [2.05, 4.69) is 59.1 Å². The van der Waals surface area contributed by atoms with E-state index in [0.29, 0.717) is 13.0 Å². The topological polar surface area (TPSA) is 85.1 Å². The first kappa shape index (κ1) is 40.0. The minimum absolute atomic E-state index is 0. The van der Waals surface area contributed by atoms with Crippen molar-refractivity contribution in [3.05, 3.63) is 72.3 Å². The molecule has 5 aromatic rings. The molecule has 11 heteroatoms. The molecular formula is C27H46N6OS4. The van der Waals surface area contributed by atoms with Crippen LogP contribution in [0, 0.1) is 20.8 Å². The summed E-state index contributed by atoms with van der Waals surface area (Å²) in [6, 6.07) is 0. The van der Waals surface area contributed by atoms with Gasteiger partial charge in [-0.25, -0.2) is 19.9 Å². The SMILES string of the molecule is C.C.C.C.CCc1ncc(C)s1.CCc1nccs1.Cc1cn2cncc2s1.Cc1cnc(CNC=O)s1. The first-order chi connectivity index (χ1) is 16.4. The number of imidazole rings is 1. The minimum atomic E-state index is 0. The molecule has 1 amide bonds. The van der Waals surface area contributed by atoms with Crippen molar-refractivity contribution < 1.29 is 4.79 Å². The van der Waals surface area contributed by atoms with Gasteiger partial charge in [-0.2, -0.15) is 0 Å². The fourth-order valence-electron chi connectivity index (χ4n) is 2.46. The maximum atomic E-state index is 9.85. The van der Waals surface area contributed by atoms with Gasteiger partial charge in [-0.15, -0.1) is 45.3 Å². The van der Waals surface area contributed by atoms with Gasteiger partial charge in [0.1, 0.15) is 9.84 Å². The van der Waals surface area contributed by atoms with Gasteiger partial charge < -0.3 is 5.32 Å². The molecule has 0 aliphatic heterocycles. The molecular weight excluding hydrogens is 553 g/mol. The summed E-state index contributed by atoms with van der Waals surface area (Å²) < 4.78 is 2.03. The van der Waals surface area contributed by atoms with Crippen LogP contribution in [0.25, 0.3) is 4.83 Å². The lowest BCUT2D eigenvalue weighted by Gasteiger charge is -1.89. The summed E-state index contributed by atoms with van der Waals surface area (Å²) in [5.41, 5.74) is 0. The highest BCUT2D eigenvalue weighted by Crippen LogP contribution is 2.15. The highest BCUT2D eigenvalue weighted by Gasteiger charge is 1.95.